The fourth-order valence-electron chi connectivity index (χ4n) is 2.26. The summed E-state index contributed by atoms with van der Waals surface area (Å²) >= 11 is 5.86. The van der Waals surface area contributed by atoms with E-state index in [2.05, 4.69) is 5.32 Å². The zero-order chi connectivity index (χ0) is 18.5. The molecule has 26 heavy (non-hydrogen) atoms. The molecule has 1 aliphatic heterocycles. The Labute approximate surface area is 155 Å². The molecule has 2 aromatic carbocycles. The lowest BCUT2D eigenvalue weighted by molar-refractivity contribution is -0.148. The fourth-order valence-corrected chi connectivity index (χ4v) is 2.45. The molecule has 0 spiro atoms. The van der Waals surface area contributed by atoms with Crippen molar-refractivity contribution in [1.82, 2.24) is 0 Å². The molecule has 0 saturated heterocycles. The van der Waals surface area contributed by atoms with Crippen LogP contribution in [0.5, 0.6) is 11.5 Å². The van der Waals surface area contributed by atoms with Crippen LogP contribution in [0.1, 0.15) is 12.5 Å². The summed E-state index contributed by atoms with van der Waals surface area (Å²) in [6.07, 6.45) is 1.87. The molecule has 0 aromatic heterocycles. The second kappa shape index (κ2) is 7.93. The minimum absolute atomic E-state index is 0.184. The smallest absolute Gasteiger partial charge is 0.331 e. The van der Waals surface area contributed by atoms with Crippen molar-refractivity contribution in [2.45, 2.75) is 13.0 Å². The first-order valence-corrected chi connectivity index (χ1v) is 8.24. The predicted molar refractivity (Wildman–Crippen MR) is 97.2 cm³/mol. The monoisotopic (exact) mass is 373 g/mol. The van der Waals surface area contributed by atoms with Crippen LogP contribution in [0, 0.1) is 0 Å². The van der Waals surface area contributed by atoms with Gasteiger partial charge in [-0.05, 0) is 48.9 Å². The zero-order valence-electron chi connectivity index (χ0n) is 13.9. The quantitative estimate of drug-likeness (QED) is 0.639. The van der Waals surface area contributed by atoms with E-state index < -0.39 is 18.0 Å². The highest BCUT2D eigenvalue weighted by Gasteiger charge is 2.17. The van der Waals surface area contributed by atoms with E-state index in [4.69, 9.17) is 25.8 Å². The number of hydrogen-bond donors (Lipinski definition) is 1. The van der Waals surface area contributed by atoms with Crippen LogP contribution in [0.15, 0.2) is 48.5 Å². The van der Waals surface area contributed by atoms with Crippen LogP contribution in [0.4, 0.5) is 5.69 Å². The third-order valence-electron chi connectivity index (χ3n) is 3.56. The summed E-state index contributed by atoms with van der Waals surface area (Å²) in [5.41, 5.74) is 1.28. The normalized spacial score (nSPS) is 13.5. The Morgan fingerprint density at radius 2 is 2.00 bits per heavy atom. The largest absolute Gasteiger partial charge is 0.454 e. The summed E-state index contributed by atoms with van der Waals surface area (Å²) < 4.78 is 15.6. The van der Waals surface area contributed by atoms with Crippen molar-refractivity contribution in [2.75, 3.05) is 12.1 Å². The van der Waals surface area contributed by atoms with Gasteiger partial charge in [0, 0.05) is 16.8 Å². The maximum atomic E-state index is 12.1. The van der Waals surface area contributed by atoms with Crippen molar-refractivity contribution in [3.63, 3.8) is 0 Å². The van der Waals surface area contributed by atoms with Gasteiger partial charge in [0.2, 0.25) is 6.79 Å². The second-order valence-electron chi connectivity index (χ2n) is 5.52. The number of carbonyl (C=O) groups excluding carboxylic acids is 2. The number of fused-ring (bicyclic) bond motifs is 1. The zero-order valence-corrected chi connectivity index (χ0v) is 14.7. The SMILES string of the molecule is C[C@H](OC(=O)C=Cc1ccc2c(c1)OCO2)C(=O)Nc1cccc(Cl)c1. The fraction of sp³-hybridized carbons (Fsp3) is 0.158. The van der Waals surface area contributed by atoms with Gasteiger partial charge < -0.3 is 19.5 Å². The molecule has 134 valence electrons. The Morgan fingerprint density at radius 1 is 1.19 bits per heavy atom. The molecule has 0 bridgehead atoms. The van der Waals surface area contributed by atoms with Gasteiger partial charge in [0.05, 0.1) is 0 Å². The third kappa shape index (κ3) is 4.55. The molecule has 7 heteroatoms. The van der Waals surface area contributed by atoms with Gasteiger partial charge in [-0.15, -0.1) is 0 Å². The molecule has 1 N–H and O–H groups in total. The van der Waals surface area contributed by atoms with E-state index in [1.165, 1.54) is 13.0 Å². The summed E-state index contributed by atoms with van der Waals surface area (Å²) in [4.78, 5) is 24.0. The number of anilines is 1. The molecule has 6 nitrogen and oxygen atoms in total. The van der Waals surface area contributed by atoms with Crippen LogP contribution < -0.4 is 14.8 Å². The Hall–Kier alpha value is -2.99. The van der Waals surface area contributed by atoms with E-state index in [0.29, 0.717) is 22.2 Å². The van der Waals surface area contributed by atoms with Crippen LogP contribution >= 0.6 is 11.6 Å². The number of esters is 1. The standard InChI is InChI=1S/C19H16ClNO5/c1-12(19(23)21-15-4-2-3-14(20)10-15)26-18(22)8-6-13-5-7-16-17(9-13)25-11-24-16/h2-10,12H,11H2,1H3,(H,21,23)/t12-/m0/s1. The highest BCUT2D eigenvalue weighted by atomic mass is 35.5. The molecule has 1 aliphatic rings. The van der Waals surface area contributed by atoms with E-state index in [9.17, 15) is 9.59 Å². The Morgan fingerprint density at radius 3 is 2.81 bits per heavy atom. The molecule has 0 radical (unpaired) electrons. The lowest BCUT2D eigenvalue weighted by Gasteiger charge is -2.12. The van der Waals surface area contributed by atoms with E-state index in [-0.39, 0.29) is 6.79 Å². The molecular formula is C19H16ClNO5. The molecule has 0 unspecified atom stereocenters. The molecular weight excluding hydrogens is 358 g/mol. The third-order valence-corrected chi connectivity index (χ3v) is 3.80. The molecule has 1 amide bonds. The molecule has 1 heterocycles. The first-order chi connectivity index (χ1) is 12.5. The highest BCUT2D eigenvalue weighted by Crippen LogP contribution is 2.32. The summed E-state index contributed by atoms with van der Waals surface area (Å²) in [6.45, 7) is 1.68. The first kappa shape index (κ1) is 17.8. The molecule has 0 aliphatic carbocycles. The van der Waals surface area contributed by atoms with Gasteiger partial charge in [-0.25, -0.2) is 4.79 Å². The van der Waals surface area contributed by atoms with Crippen LogP contribution in [-0.4, -0.2) is 24.8 Å². The number of hydrogen-bond acceptors (Lipinski definition) is 5. The van der Waals surface area contributed by atoms with Crippen molar-refractivity contribution < 1.29 is 23.8 Å². The van der Waals surface area contributed by atoms with Gasteiger partial charge in [0.15, 0.2) is 17.6 Å². The summed E-state index contributed by atoms with van der Waals surface area (Å²) in [5.74, 6) is 0.208. The Kier molecular flexibility index (Phi) is 5.43. The minimum Gasteiger partial charge on any atom is -0.454 e. The average Bonchev–Trinajstić information content (AvgIpc) is 3.07. The highest BCUT2D eigenvalue weighted by molar-refractivity contribution is 6.30. The number of halogens is 1. The maximum Gasteiger partial charge on any atom is 0.331 e. The van der Waals surface area contributed by atoms with E-state index in [1.54, 1.807) is 48.5 Å². The number of amides is 1. The summed E-state index contributed by atoms with van der Waals surface area (Å²) in [6, 6.07) is 12.0. The van der Waals surface area contributed by atoms with Crippen molar-refractivity contribution in [3.05, 3.63) is 59.1 Å². The minimum atomic E-state index is -0.956. The predicted octanol–water partition coefficient (Wildman–Crippen LogP) is 3.65. The molecule has 2 aromatic rings. The lowest BCUT2D eigenvalue weighted by Crippen LogP contribution is -2.29. The van der Waals surface area contributed by atoms with Gasteiger partial charge in [-0.3, -0.25) is 4.79 Å². The van der Waals surface area contributed by atoms with Crippen molar-refractivity contribution in [3.8, 4) is 11.5 Å². The summed E-state index contributed by atoms with van der Waals surface area (Å²) in [5, 5.41) is 3.13. The van der Waals surface area contributed by atoms with Crippen molar-refractivity contribution in [1.29, 1.82) is 0 Å². The van der Waals surface area contributed by atoms with Crippen LogP contribution in [0.3, 0.4) is 0 Å². The van der Waals surface area contributed by atoms with E-state index in [0.717, 1.165) is 5.56 Å². The number of rotatable bonds is 5. The van der Waals surface area contributed by atoms with Gasteiger partial charge in [-0.1, -0.05) is 23.7 Å². The maximum absolute atomic E-state index is 12.1. The lowest BCUT2D eigenvalue weighted by atomic mass is 10.2. The second-order valence-corrected chi connectivity index (χ2v) is 5.96. The Bertz CT molecular complexity index is 865. The van der Waals surface area contributed by atoms with Gasteiger partial charge in [-0.2, -0.15) is 0 Å². The van der Waals surface area contributed by atoms with Crippen LogP contribution in [0.25, 0.3) is 6.08 Å². The molecule has 0 saturated carbocycles. The summed E-state index contributed by atoms with van der Waals surface area (Å²) in [7, 11) is 0. The van der Waals surface area contributed by atoms with Gasteiger partial charge in [0.25, 0.3) is 5.91 Å². The van der Waals surface area contributed by atoms with Crippen LogP contribution in [0.2, 0.25) is 5.02 Å². The number of ether oxygens (including phenoxy) is 3. The van der Waals surface area contributed by atoms with Gasteiger partial charge in [0.1, 0.15) is 0 Å². The number of nitrogens with one attached hydrogen (secondary N) is 1. The average molecular weight is 374 g/mol. The first-order valence-electron chi connectivity index (χ1n) is 7.86. The van der Waals surface area contributed by atoms with E-state index in [1.807, 2.05) is 0 Å². The van der Waals surface area contributed by atoms with Gasteiger partial charge >= 0.3 is 5.97 Å². The number of carbonyl (C=O) groups is 2. The van der Waals surface area contributed by atoms with Crippen molar-refractivity contribution >= 4 is 35.2 Å². The van der Waals surface area contributed by atoms with Crippen molar-refractivity contribution in [2.24, 2.45) is 0 Å². The topological polar surface area (TPSA) is 73.9 Å². The van der Waals surface area contributed by atoms with Crippen LogP contribution in [-0.2, 0) is 14.3 Å². The van der Waals surface area contributed by atoms with E-state index >= 15 is 0 Å². The Balaban J connectivity index is 1.54. The molecule has 0 fully saturated rings. The molecule has 1 atom stereocenters. The molecule has 3 rings (SSSR count). The number of benzene rings is 2.